The van der Waals surface area contributed by atoms with Crippen molar-refractivity contribution in [2.24, 2.45) is 0 Å². The number of piperazine rings is 1. The van der Waals surface area contributed by atoms with Crippen LogP contribution in [0, 0.1) is 20.8 Å². The number of carbonyl (C=O) groups is 1. The number of anilines is 1. The fourth-order valence-electron chi connectivity index (χ4n) is 3.58. The van der Waals surface area contributed by atoms with Crippen LogP contribution in [0.3, 0.4) is 0 Å². The normalized spacial score (nSPS) is 14.8. The van der Waals surface area contributed by atoms with E-state index >= 15 is 0 Å². The van der Waals surface area contributed by atoms with E-state index in [1.165, 1.54) is 27.1 Å². The Morgan fingerprint density at radius 1 is 1.07 bits per heavy atom. The minimum atomic E-state index is 0.267. The first kappa shape index (κ1) is 18.2. The molecule has 7 heteroatoms. The van der Waals surface area contributed by atoms with Gasteiger partial charge in [-0.1, -0.05) is 18.2 Å². The Labute approximate surface area is 167 Å². The number of aromatic nitrogens is 2. The lowest BCUT2D eigenvalue weighted by molar-refractivity contribution is -0.118. The summed E-state index contributed by atoms with van der Waals surface area (Å²) in [5.41, 5.74) is 4.91. The highest BCUT2D eigenvalue weighted by atomic mass is 35.5. The van der Waals surface area contributed by atoms with Crippen molar-refractivity contribution in [3.05, 3.63) is 39.5 Å². The molecule has 5 nitrogen and oxygen atoms in total. The second-order valence-corrected chi connectivity index (χ2v) is 8.50. The second-order valence-electron chi connectivity index (χ2n) is 6.96. The van der Waals surface area contributed by atoms with Crippen LogP contribution in [0.15, 0.2) is 18.2 Å². The average molecular weight is 401 g/mol. The molecule has 3 aromatic rings. The molecule has 1 aliphatic rings. The highest BCUT2D eigenvalue weighted by Gasteiger charge is 2.24. The fourth-order valence-corrected chi connectivity index (χ4v) is 4.83. The maximum atomic E-state index is 11.0. The van der Waals surface area contributed by atoms with Crippen LogP contribution in [-0.2, 0) is 4.79 Å². The molecule has 1 amide bonds. The quantitative estimate of drug-likeness (QED) is 0.488. The molecule has 0 bridgehead atoms. The summed E-state index contributed by atoms with van der Waals surface area (Å²) in [6.45, 7) is 9.24. The maximum Gasteiger partial charge on any atom is 0.225 e. The third kappa shape index (κ3) is 3.28. The molecule has 0 N–H and O–H groups in total. The maximum absolute atomic E-state index is 11.0. The zero-order valence-corrected chi connectivity index (χ0v) is 17.2. The van der Waals surface area contributed by atoms with Crippen LogP contribution in [0.2, 0.25) is 5.28 Å². The van der Waals surface area contributed by atoms with E-state index in [0.717, 1.165) is 35.5 Å². The molecule has 140 valence electrons. The lowest BCUT2D eigenvalue weighted by Gasteiger charge is -2.33. The van der Waals surface area contributed by atoms with Crippen LogP contribution in [0.1, 0.15) is 16.0 Å². The number of amides is 1. The van der Waals surface area contributed by atoms with Crippen LogP contribution in [0.5, 0.6) is 0 Å². The summed E-state index contributed by atoms with van der Waals surface area (Å²) in [5, 5.41) is 1.33. The van der Waals surface area contributed by atoms with Gasteiger partial charge in [0.15, 0.2) is 0 Å². The highest BCUT2D eigenvalue weighted by Crippen LogP contribution is 2.42. The Hall–Kier alpha value is -2.18. The summed E-state index contributed by atoms with van der Waals surface area (Å²) in [4.78, 5) is 26.2. The van der Waals surface area contributed by atoms with E-state index in [4.69, 9.17) is 11.6 Å². The predicted octanol–water partition coefficient (Wildman–Crippen LogP) is 4.22. The monoisotopic (exact) mass is 400 g/mol. The number of benzene rings is 1. The van der Waals surface area contributed by atoms with Gasteiger partial charge in [-0.05, 0) is 49.1 Å². The van der Waals surface area contributed by atoms with E-state index in [0.29, 0.717) is 13.1 Å². The first-order valence-corrected chi connectivity index (χ1v) is 10.2. The molecule has 0 unspecified atom stereocenters. The number of fused-ring (bicyclic) bond motifs is 1. The number of rotatable bonds is 3. The van der Waals surface area contributed by atoms with Gasteiger partial charge >= 0.3 is 0 Å². The number of thiophene rings is 1. The zero-order chi connectivity index (χ0) is 19.1. The molecule has 0 saturated carbocycles. The van der Waals surface area contributed by atoms with Crippen molar-refractivity contribution >= 4 is 45.4 Å². The van der Waals surface area contributed by atoms with Gasteiger partial charge in [-0.3, -0.25) is 4.79 Å². The largest absolute Gasteiger partial charge is 0.352 e. The standard InChI is InChI=1S/C20H21ClN4OS/c1-12-4-5-15(10-13(12)2)16-14(3)27-19-17(16)18(22-20(21)23-19)25-8-6-24(11-26)7-9-25/h4-5,10-11H,6-9H2,1-3H3. The SMILES string of the molecule is Cc1ccc(-c2c(C)sc3nc(Cl)nc(N4CCN(C=O)CC4)c23)cc1C. The molecule has 0 radical (unpaired) electrons. The van der Waals surface area contributed by atoms with E-state index in [1.54, 1.807) is 16.2 Å². The first-order valence-electron chi connectivity index (χ1n) is 8.96. The number of hydrogen-bond donors (Lipinski definition) is 0. The van der Waals surface area contributed by atoms with Gasteiger partial charge in [0.25, 0.3) is 0 Å². The van der Waals surface area contributed by atoms with Gasteiger partial charge in [0.2, 0.25) is 11.7 Å². The summed E-state index contributed by atoms with van der Waals surface area (Å²) >= 11 is 7.90. The molecule has 1 saturated heterocycles. The van der Waals surface area contributed by atoms with Gasteiger partial charge in [-0.15, -0.1) is 11.3 Å². The molecule has 2 aromatic heterocycles. The molecule has 3 heterocycles. The molecule has 0 aliphatic carbocycles. The average Bonchev–Trinajstić information content (AvgIpc) is 2.99. The number of nitrogens with zero attached hydrogens (tertiary/aromatic N) is 4. The number of halogens is 1. The van der Waals surface area contributed by atoms with Crippen LogP contribution < -0.4 is 4.90 Å². The van der Waals surface area contributed by atoms with E-state index in [1.807, 2.05) is 0 Å². The van der Waals surface area contributed by atoms with Crippen LogP contribution in [0.25, 0.3) is 21.3 Å². The van der Waals surface area contributed by atoms with Gasteiger partial charge in [-0.25, -0.2) is 4.98 Å². The minimum Gasteiger partial charge on any atom is -0.352 e. The van der Waals surface area contributed by atoms with E-state index in [-0.39, 0.29) is 5.28 Å². The van der Waals surface area contributed by atoms with Crippen molar-refractivity contribution < 1.29 is 4.79 Å². The van der Waals surface area contributed by atoms with E-state index in [9.17, 15) is 4.79 Å². The van der Waals surface area contributed by atoms with Crippen LogP contribution >= 0.6 is 22.9 Å². The zero-order valence-electron chi connectivity index (χ0n) is 15.6. The van der Waals surface area contributed by atoms with E-state index in [2.05, 4.69) is 53.8 Å². The summed E-state index contributed by atoms with van der Waals surface area (Å²) < 4.78 is 0. The molecule has 0 spiro atoms. The van der Waals surface area contributed by atoms with Crippen molar-refractivity contribution in [1.29, 1.82) is 0 Å². The molecule has 1 fully saturated rings. The molecule has 4 rings (SSSR count). The number of aryl methyl sites for hydroxylation is 3. The Bertz CT molecular complexity index is 1020. The topological polar surface area (TPSA) is 49.3 Å². The van der Waals surface area contributed by atoms with Crippen LogP contribution in [-0.4, -0.2) is 47.5 Å². The third-order valence-corrected chi connectivity index (χ3v) is 6.41. The molecular weight excluding hydrogens is 380 g/mol. The Balaban J connectivity index is 1.89. The van der Waals surface area contributed by atoms with Crippen molar-refractivity contribution in [2.45, 2.75) is 20.8 Å². The van der Waals surface area contributed by atoms with Crippen molar-refractivity contribution in [3.63, 3.8) is 0 Å². The van der Waals surface area contributed by atoms with Crippen LogP contribution in [0.4, 0.5) is 5.82 Å². The van der Waals surface area contributed by atoms with Gasteiger partial charge in [0, 0.05) is 36.6 Å². The smallest absolute Gasteiger partial charge is 0.225 e. The van der Waals surface area contributed by atoms with E-state index < -0.39 is 0 Å². The van der Waals surface area contributed by atoms with Crippen molar-refractivity contribution in [2.75, 3.05) is 31.1 Å². The van der Waals surface area contributed by atoms with Gasteiger partial charge in [-0.2, -0.15) is 4.98 Å². The Kier molecular flexibility index (Phi) is 4.78. The minimum absolute atomic E-state index is 0.267. The summed E-state index contributed by atoms with van der Waals surface area (Å²) in [7, 11) is 0. The Morgan fingerprint density at radius 2 is 1.81 bits per heavy atom. The van der Waals surface area contributed by atoms with Gasteiger partial charge < -0.3 is 9.80 Å². The Morgan fingerprint density at radius 3 is 2.48 bits per heavy atom. The summed E-state index contributed by atoms with van der Waals surface area (Å²) in [6.07, 6.45) is 0.912. The highest BCUT2D eigenvalue weighted by molar-refractivity contribution is 7.19. The molecular formula is C20H21ClN4OS. The van der Waals surface area contributed by atoms with Gasteiger partial charge in [0.05, 0.1) is 5.39 Å². The first-order chi connectivity index (χ1) is 13.0. The molecule has 0 atom stereocenters. The summed E-state index contributed by atoms with van der Waals surface area (Å²) in [6, 6.07) is 6.55. The third-order valence-electron chi connectivity index (χ3n) is 5.24. The fraction of sp³-hybridized carbons (Fsp3) is 0.350. The van der Waals surface area contributed by atoms with Crippen molar-refractivity contribution in [1.82, 2.24) is 14.9 Å². The molecule has 27 heavy (non-hydrogen) atoms. The predicted molar refractivity (Wildman–Crippen MR) is 112 cm³/mol. The summed E-state index contributed by atoms with van der Waals surface area (Å²) in [5.74, 6) is 0.869. The second kappa shape index (κ2) is 7.09. The van der Waals surface area contributed by atoms with Gasteiger partial charge in [0.1, 0.15) is 10.6 Å². The lowest BCUT2D eigenvalue weighted by Crippen LogP contribution is -2.46. The molecule has 1 aromatic carbocycles. The van der Waals surface area contributed by atoms with Crippen molar-refractivity contribution in [3.8, 4) is 11.1 Å². The number of hydrogen-bond acceptors (Lipinski definition) is 5. The number of carbonyl (C=O) groups excluding carboxylic acids is 1. The lowest BCUT2D eigenvalue weighted by atomic mass is 9.99. The molecule has 1 aliphatic heterocycles.